The topological polar surface area (TPSA) is 43.9 Å². The van der Waals surface area contributed by atoms with E-state index in [0.717, 1.165) is 49.8 Å². The molecule has 27 heavy (non-hydrogen) atoms. The van der Waals surface area contributed by atoms with Crippen LogP contribution in [0.25, 0.3) is 0 Å². The lowest BCUT2D eigenvalue weighted by molar-refractivity contribution is -0.131. The molecule has 1 aromatic rings. The summed E-state index contributed by atoms with van der Waals surface area (Å²) in [6.07, 6.45) is 3.72. The van der Waals surface area contributed by atoms with Gasteiger partial charge in [-0.2, -0.15) is 0 Å². The molecule has 0 spiro atoms. The maximum Gasteiger partial charge on any atom is 0.242 e. The Hall–Kier alpha value is -1.59. The summed E-state index contributed by atoms with van der Waals surface area (Å²) in [7, 11) is 0. The molecular weight excluding hydrogens is 362 g/mol. The Kier molecular flexibility index (Phi) is 4.93. The van der Waals surface area contributed by atoms with Crippen LogP contribution in [0.2, 0.25) is 5.02 Å². The first-order chi connectivity index (χ1) is 12.9. The standard InChI is InChI=1S/C21H28ClN3O2/c1-21(2)17-12-16(22)6-7-18(17)25(20(21)27)14-19(26)24-9-3-8-23(10-11-24)13-15-4-5-15/h6-7,12,15H,3-5,8-11,13-14H2,1-2H3. The van der Waals surface area contributed by atoms with Crippen LogP contribution in [0.1, 0.15) is 38.7 Å². The molecule has 4 rings (SSSR count). The van der Waals surface area contributed by atoms with Crippen LogP contribution in [0.5, 0.6) is 0 Å². The van der Waals surface area contributed by atoms with Crippen molar-refractivity contribution in [1.82, 2.24) is 9.80 Å². The zero-order valence-corrected chi connectivity index (χ0v) is 17.0. The van der Waals surface area contributed by atoms with Gasteiger partial charge in [0.15, 0.2) is 0 Å². The minimum Gasteiger partial charge on any atom is -0.340 e. The van der Waals surface area contributed by atoms with Crippen LogP contribution in [0.3, 0.4) is 0 Å². The molecule has 1 saturated carbocycles. The lowest BCUT2D eigenvalue weighted by atomic mass is 9.86. The molecule has 3 aliphatic rings. The molecule has 0 radical (unpaired) electrons. The molecule has 5 nitrogen and oxygen atoms in total. The third-order valence-electron chi connectivity index (χ3n) is 6.15. The Morgan fingerprint density at radius 2 is 1.96 bits per heavy atom. The Morgan fingerprint density at radius 3 is 2.70 bits per heavy atom. The fourth-order valence-electron chi connectivity index (χ4n) is 4.27. The minimum absolute atomic E-state index is 0.0294. The fourth-order valence-corrected chi connectivity index (χ4v) is 4.44. The molecule has 1 saturated heterocycles. The first-order valence-electron chi connectivity index (χ1n) is 9.98. The molecule has 0 N–H and O–H groups in total. The van der Waals surface area contributed by atoms with Gasteiger partial charge in [0, 0.05) is 36.9 Å². The van der Waals surface area contributed by atoms with Crippen molar-refractivity contribution in [2.45, 2.75) is 38.5 Å². The normalized spacial score (nSPS) is 22.7. The van der Waals surface area contributed by atoms with E-state index in [2.05, 4.69) is 4.90 Å². The quantitative estimate of drug-likeness (QED) is 0.795. The van der Waals surface area contributed by atoms with Crippen molar-refractivity contribution in [3.63, 3.8) is 0 Å². The number of hydrogen-bond acceptors (Lipinski definition) is 3. The van der Waals surface area contributed by atoms with E-state index in [4.69, 9.17) is 11.6 Å². The maximum absolute atomic E-state index is 13.0. The van der Waals surface area contributed by atoms with Gasteiger partial charge < -0.3 is 14.7 Å². The number of anilines is 1. The lowest BCUT2D eigenvalue weighted by Gasteiger charge is -2.25. The number of halogens is 1. The van der Waals surface area contributed by atoms with E-state index >= 15 is 0 Å². The van der Waals surface area contributed by atoms with Crippen LogP contribution in [-0.4, -0.2) is 60.9 Å². The van der Waals surface area contributed by atoms with Gasteiger partial charge in [-0.25, -0.2) is 0 Å². The Labute approximate surface area is 166 Å². The van der Waals surface area contributed by atoms with Gasteiger partial charge in [0.1, 0.15) is 6.54 Å². The van der Waals surface area contributed by atoms with Gasteiger partial charge in [0.25, 0.3) is 0 Å². The smallest absolute Gasteiger partial charge is 0.242 e. The largest absolute Gasteiger partial charge is 0.340 e. The number of carbonyl (C=O) groups excluding carboxylic acids is 2. The second-order valence-corrected chi connectivity index (χ2v) is 9.09. The molecule has 2 fully saturated rings. The Morgan fingerprint density at radius 1 is 1.19 bits per heavy atom. The van der Waals surface area contributed by atoms with Gasteiger partial charge in [-0.3, -0.25) is 9.59 Å². The monoisotopic (exact) mass is 389 g/mol. The summed E-state index contributed by atoms with van der Waals surface area (Å²) in [6, 6.07) is 5.49. The molecule has 6 heteroatoms. The molecule has 0 atom stereocenters. The van der Waals surface area contributed by atoms with Crippen molar-refractivity contribution in [3.8, 4) is 0 Å². The van der Waals surface area contributed by atoms with Crippen molar-refractivity contribution in [3.05, 3.63) is 28.8 Å². The van der Waals surface area contributed by atoms with Crippen molar-refractivity contribution in [2.24, 2.45) is 5.92 Å². The Bertz CT molecular complexity index is 760. The van der Waals surface area contributed by atoms with Crippen molar-refractivity contribution < 1.29 is 9.59 Å². The van der Waals surface area contributed by atoms with Gasteiger partial charge in [0.05, 0.1) is 5.41 Å². The average Bonchev–Trinajstić information content (AvgIpc) is 3.44. The SMILES string of the molecule is CC1(C)C(=O)N(CC(=O)N2CCCN(CC3CC3)CC2)c2ccc(Cl)cc21. The van der Waals surface area contributed by atoms with Gasteiger partial charge in [0.2, 0.25) is 11.8 Å². The highest BCUT2D eigenvalue weighted by molar-refractivity contribution is 6.31. The van der Waals surface area contributed by atoms with Gasteiger partial charge in [-0.1, -0.05) is 11.6 Å². The number of hydrogen-bond donors (Lipinski definition) is 0. The lowest BCUT2D eigenvalue weighted by Crippen LogP contribution is -2.45. The molecule has 2 aliphatic heterocycles. The van der Waals surface area contributed by atoms with E-state index < -0.39 is 5.41 Å². The number of nitrogens with zero attached hydrogens (tertiary/aromatic N) is 3. The van der Waals surface area contributed by atoms with Crippen LogP contribution in [0.4, 0.5) is 5.69 Å². The molecule has 1 aromatic carbocycles. The number of fused-ring (bicyclic) bond motifs is 1. The number of carbonyl (C=O) groups is 2. The highest BCUT2D eigenvalue weighted by Gasteiger charge is 2.44. The molecule has 0 unspecified atom stereocenters. The van der Waals surface area contributed by atoms with Gasteiger partial charge in [-0.15, -0.1) is 0 Å². The molecule has 1 aliphatic carbocycles. The third-order valence-corrected chi connectivity index (χ3v) is 6.39. The third kappa shape index (κ3) is 3.72. The number of amides is 2. The molecule has 0 bridgehead atoms. The molecular formula is C21H28ClN3O2. The van der Waals surface area contributed by atoms with Crippen LogP contribution in [-0.2, 0) is 15.0 Å². The summed E-state index contributed by atoms with van der Waals surface area (Å²) in [5.74, 6) is 0.883. The van der Waals surface area contributed by atoms with Crippen LogP contribution in [0, 0.1) is 5.92 Å². The van der Waals surface area contributed by atoms with Gasteiger partial charge in [-0.05, 0) is 69.3 Å². The van der Waals surface area contributed by atoms with E-state index in [-0.39, 0.29) is 18.4 Å². The van der Waals surface area contributed by atoms with E-state index in [1.54, 1.807) is 11.0 Å². The summed E-state index contributed by atoms with van der Waals surface area (Å²) >= 11 is 6.14. The average molecular weight is 390 g/mol. The fraction of sp³-hybridized carbons (Fsp3) is 0.619. The van der Waals surface area contributed by atoms with E-state index in [1.807, 2.05) is 30.9 Å². The second-order valence-electron chi connectivity index (χ2n) is 8.66. The first-order valence-corrected chi connectivity index (χ1v) is 10.4. The first kappa shape index (κ1) is 18.8. The predicted molar refractivity (Wildman–Crippen MR) is 107 cm³/mol. The van der Waals surface area contributed by atoms with E-state index in [0.29, 0.717) is 5.02 Å². The molecule has 2 heterocycles. The summed E-state index contributed by atoms with van der Waals surface area (Å²) < 4.78 is 0. The van der Waals surface area contributed by atoms with Crippen molar-refractivity contribution >= 4 is 29.1 Å². The second kappa shape index (κ2) is 7.10. The summed E-state index contributed by atoms with van der Waals surface area (Å²) in [6.45, 7) is 8.62. The zero-order chi connectivity index (χ0) is 19.2. The van der Waals surface area contributed by atoms with Crippen molar-refractivity contribution in [1.29, 1.82) is 0 Å². The molecule has 2 amide bonds. The van der Waals surface area contributed by atoms with Gasteiger partial charge >= 0.3 is 0 Å². The summed E-state index contributed by atoms with van der Waals surface area (Å²) in [5, 5.41) is 0.617. The minimum atomic E-state index is -0.652. The highest BCUT2D eigenvalue weighted by Crippen LogP contribution is 2.42. The molecule has 146 valence electrons. The van der Waals surface area contributed by atoms with E-state index in [1.165, 1.54) is 19.4 Å². The number of benzene rings is 1. The van der Waals surface area contributed by atoms with Crippen LogP contribution >= 0.6 is 11.6 Å². The van der Waals surface area contributed by atoms with E-state index in [9.17, 15) is 9.59 Å². The predicted octanol–water partition coefficient (Wildman–Crippen LogP) is 2.91. The Balaban J connectivity index is 1.44. The van der Waals surface area contributed by atoms with Crippen LogP contribution in [0.15, 0.2) is 18.2 Å². The van der Waals surface area contributed by atoms with Crippen molar-refractivity contribution in [2.75, 3.05) is 44.2 Å². The maximum atomic E-state index is 13.0. The highest BCUT2D eigenvalue weighted by atomic mass is 35.5. The van der Waals surface area contributed by atoms with Crippen LogP contribution < -0.4 is 4.90 Å². The summed E-state index contributed by atoms with van der Waals surface area (Å²) in [4.78, 5) is 32.0. The number of rotatable bonds is 4. The zero-order valence-electron chi connectivity index (χ0n) is 16.2. The summed E-state index contributed by atoms with van der Waals surface area (Å²) in [5.41, 5.74) is 1.06. The molecule has 0 aromatic heterocycles.